The van der Waals surface area contributed by atoms with Crippen LogP contribution in [0, 0.1) is 6.92 Å². The summed E-state index contributed by atoms with van der Waals surface area (Å²) in [5, 5.41) is 0. The molecule has 2 amide bonds. The normalized spacial score (nSPS) is 15.3. The summed E-state index contributed by atoms with van der Waals surface area (Å²) in [6.45, 7) is 5.03. The second-order valence-electron chi connectivity index (χ2n) is 8.33. The van der Waals surface area contributed by atoms with Crippen LogP contribution < -0.4 is 19.3 Å². The van der Waals surface area contributed by atoms with Crippen molar-refractivity contribution in [3.8, 4) is 11.5 Å². The van der Waals surface area contributed by atoms with E-state index in [2.05, 4.69) is 6.07 Å². The lowest BCUT2D eigenvalue weighted by molar-refractivity contribution is -0.120. The van der Waals surface area contributed by atoms with Crippen LogP contribution in [0.2, 0.25) is 0 Å². The van der Waals surface area contributed by atoms with Crippen molar-refractivity contribution in [2.45, 2.75) is 20.3 Å². The van der Waals surface area contributed by atoms with Gasteiger partial charge in [-0.05, 0) is 67.3 Å². The molecule has 0 spiro atoms. The lowest BCUT2D eigenvalue weighted by Crippen LogP contribution is -2.35. The molecule has 0 aromatic heterocycles. The number of imide groups is 1. The van der Waals surface area contributed by atoms with E-state index in [1.807, 2.05) is 73.3 Å². The number of benzene rings is 3. The highest BCUT2D eigenvalue weighted by Gasteiger charge is 2.45. The van der Waals surface area contributed by atoms with Crippen molar-refractivity contribution >= 4 is 28.8 Å². The summed E-state index contributed by atoms with van der Waals surface area (Å²) in [6, 6.07) is 20.8. The molecule has 0 fully saturated rings. The molecular formula is C28H26N2O4. The molecule has 172 valence electrons. The molecule has 0 aliphatic carbocycles. The maximum atomic E-state index is 14.0. The van der Waals surface area contributed by atoms with Crippen LogP contribution in [0.25, 0.3) is 5.57 Å². The SMILES string of the molecule is CCOc1ccc(C2=C(N3CCc4ccccc43)C(=O)N(c3cc(C)ccc3OC)C2=O)cc1. The Morgan fingerprint density at radius 2 is 1.68 bits per heavy atom. The quantitative estimate of drug-likeness (QED) is 0.503. The number of para-hydroxylation sites is 1. The molecule has 2 aliphatic heterocycles. The first-order valence-electron chi connectivity index (χ1n) is 11.4. The largest absolute Gasteiger partial charge is 0.495 e. The molecule has 0 unspecified atom stereocenters. The van der Waals surface area contributed by atoms with Gasteiger partial charge < -0.3 is 14.4 Å². The molecule has 2 heterocycles. The van der Waals surface area contributed by atoms with Crippen LogP contribution in [0.15, 0.2) is 72.4 Å². The van der Waals surface area contributed by atoms with Crippen LogP contribution in [-0.2, 0) is 16.0 Å². The standard InChI is InChI=1S/C28H26N2O4/c1-4-34-21-12-10-20(11-13-21)25-26(29-16-15-19-7-5-6-8-22(19)29)28(32)30(27(25)31)23-17-18(2)9-14-24(23)33-3/h5-14,17H,4,15-16H2,1-3H3. The van der Waals surface area contributed by atoms with Gasteiger partial charge in [0, 0.05) is 12.2 Å². The fraction of sp³-hybridized carbons (Fsp3) is 0.214. The first kappa shape index (κ1) is 21.8. The minimum Gasteiger partial charge on any atom is -0.495 e. The molecule has 3 aromatic rings. The number of aryl methyl sites for hydroxylation is 1. The number of anilines is 2. The van der Waals surface area contributed by atoms with E-state index in [1.54, 1.807) is 6.07 Å². The van der Waals surface area contributed by atoms with Gasteiger partial charge in [-0.3, -0.25) is 9.59 Å². The van der Waals surface area contributed by atoms with E-state index in [9.17, 15) is 9.59 Å². The van der Waals surface area contributed by atoms with Gasteiger partial charge in [0.15, 0.2) is 0 Å². The predicted octanol–water partition coefficient (Wildman–Crippen LogP) is 4.75. The van der Waals surface area contributed by atoms with Gasteiger partial charge in [0.25, 0.3) is 11.8 Å². The summed E-state index contributed by atoms with van der Waals surface area (Å²) in [5.74, 6) is 0.474. The molecule has 0 atom stereocenters. The lowest BCUT2D eigenvalue weighted by Gasteiger charge is -2.22. The van der Waals surface area contributed by atoms with Crippen molar-refractivity contribution < 1.29 is 19.1 Å². The third-order valence-electron chi connectivity index (χ3n) is 6.25. The Morgan fingerprint density at radius 1 is 0.912 bits per heavy atom. The van der Waals surface area contributed by atoms with Crippen LogP contribution >= 0.6 is 0 Å². The number of hydrogen-bond acceptors (Lipinski definition) is 5. The molecule has 0 saturated heterocycles. The van der Waals surface area contributed by atoms with E-state index in [0.717, 1.165) is 23.2 Å². The van der Waals surface area contributed by atoms with Crippen LogP contribution in [0.5, 0.6) is 11.5 Å². The lowest BCUT2D eigenvalue weighted by atomic mass is 10.0. The molecule has 6 nitrogen and oxygen atoms in total. The molecular weight excluding hydrogens is 428 g/mol. The molecule has 0 saturated carbocycles. The van der Waals surface area contributed by atoms with Crippen molar-refractivity contribution in [2.75, 3.05) is 30.1 Å². The van der Waals surface area contributed by atoms with Gasteiger partial charge in [0.05, 0.1) is 25.0 Å². The van der Waals surface area contributed by atoms with Gasteiger partial charge >= 0.3 is 0 Å². The van der Waals surface area contributed by atoms with Gasteiger partial charge in [-0.1, -0.05) is 36.4 Å². The first-order chi connectivity index (χ1) is 16.5. The second-order valence-corrected chi connectivity index (χ2v) is 8.33. The van der Waals surface area contributed by atoms with Gasteiger partial charge in [0.1, 0.15) is 17.2 Å². The number of rotatable bonds is 6. The third kappa shape index (κ3) is 3.52. The molecule has 0 bridgehead atoms. The van der Waals surface area contributed by atoms with E-state index >= 15 is 0 Å². The number of nitrogens with zero attached hydrogens (tertiary/aromatic N) is 2. The molecule has 0 N–H and O–H groups in total. The summed E-state index contributed by atoms with van der Waals surface area (Å²) < 4.78 is 11.1. The van der Waals surface area contributed by atoms with Gasteiger partial charge in [0.2, 0.25) is 0 Å². The van der Waals surface area contributed by atoms with E-state index in [1.165, 1.54) is 12.0 Å². The number of carbonyl (C=O) groups excluding carboxylic acids is 2. The number of ether oxygens (including phenoxy) is 2. The zero-order valence-corrected chi connectivity index (χ0v) is 19.5. The van der Waals surface area contributed by atoms with Crippen LogP contribution in [0.3, 0.4) is 0 Å². The average Bonchev–Trinajstić information content (AvgIpc) is 3.37. The molecule has 2 aliphatic rings. The summed E-state index contributed by atoms with van der Waals surface area (Å²) in [4.78, 5) is 31.1. The summed E-state index contributed by atoms with van der Waals surface area (Å²) in [6.07, 6.45) is 0.811. The molecule has 5 rings (SSSR count). The highest BCUT2D eigenvalue weighted by molar-refractivity contribution is 6.46. The van der Waals surface area contributed by atoms with Crippen molar-refractivity contribution in [3.05, 3.63) is 89.1 Å². The Bertz CT molecular complexity index is 1310. The fourth-order valence-corrected chi connectivity index (χ4v) is 4.68. The third-order valence-corrected chi connectivity index (χ3v) is 6.25. The van der Waals surface area contributed by atoms with E-state index in [4.69, 9.17) is 9.47 Å². The van der Waals surface area contributed by atoms with Crippen LogP contribution in [0.4, 0.5) is 11.4 Å². The Balaban J connectivity index is 1.67. The number of amides is 2. The van der Waals surface area contributed by atoms with Crippen molar-refractivity contribution in [3.63, 3.8) is 0 Å². The Hall–Kier alpha value is -4.06. The fourth-order valence-electron chi connectivity index (χ4n) is 4.68. The molecule has 0 radical (unpaired) electrons. The Morgan fingerprint density at radius 3 is 2.41 bits per heavy atom. The monoisotopic (exact) mass is 454 g/mol. The zero-order valence-electron chi connectivity index (χ0n) is 19.5. The average molecular weight is 455 g/mol. The number of fused-ring (bicyclic) bond motifs is 1. The summed E-state index contributed by atoms with van der Waals surface area (Å²) in [7, 11) is 1.54. The highest BCUT2D eigenvalue weighted by atomic mass is 16.5. The molecule has 6 heteroatoms. The van der Waals surface area contributed by atoms with E-state index in [0.29, 0.717) is 47.2 Å². The maximum absolute atomic E-state index is 14.0. The van der Waals surface area contributed by atoms with Gasteiger partial charge in [-0.2, -0.15) is 0 Å². The summed E-state index contributed by atoms with van der Waals surface area (Å²) in [5.41, 5.74) is 4.95. The second kappa shape index (κ2) is 8.71. The van der Waals surface area contributed by atoms with Crippen LogP contribution in [-0.4, -0.2) is 32.1 Å². The molecule has 34 heavy (non-hydrogen) atoms. The van der Waals surface area contributed by atoms with Crippen LogP contribution in [0.1, 0.15) is 23.6 Å². The number of hydrogen-bond donors (Lipinski definition) is 0. The van der Waals surface area contributed by atoms with Gasteiger partial charge in [-0.15, -0.1) is 0 Å². The minimum atomic E-state index is -0.363. The Labute approximate surface area is 199 Å². The molecule has 3 aromatic carbocycles. The highest BCUT2D eigenvalue weighted by Crippen LogP contribution is 2.42. The number of methoxy groups -OCH3 is 1. The summed E-state index contributed by atoms with van der Waals surface area (Å²) >= 11 is 0. The predicted molar refractivity (Wildman–Crippen MR) is 132 cm³/mol. The van der Waals surface area contributed by atoms with Crippen molar-refractivity contribution in [2.24, 2.45) is 0 Å². The van der Waals surface area contributed by atoms with Gasteiger partial charge in [-0.25, -0.2) is 4.90 Å². The minimum absolute atomic E-state index is 0.352. The smallest absolute Gasteiger partial charge is 0.282 e. The van der Waals surface area contributed by atoms with E-state index in [-0.39, 0.29) is 11.8 Å². The number of carbonyl (C=O) groups is 2. The first-order valence-corrected chi connectivity index (χ1v) is 11.4. The topological polar surface area (TPSA) is 59.1 Å². The van der Waals surface area contributed by atoms with Crippen molar-refractivity contribution in [1.29, 1.82) is 0 Å². The maximum Gasteiger partial charge on any atom is 0.282 e. The van der Waals surface area contributed by atoms with E-state index < -0.39 is 0 Å². The van der Waals surface area contributed by atoms with Crippen molar-refractivity contribution in [1.82, 2.24) is 0 Å². The zero-order chi connectivity index (χ0) is 23.8. The Kier molecular flexibility index (Phi) is 5.57.